The van der Waals surface area contributed by atoms with Crippen molar-refractivity contribution in [3.8, 4) is 0 Å². The van der Waals surface area contributed by atoms with Gasteiger partial charge in [-0.05, 0) is 35.4 Å². The van der Waals surface area contributed by atoms with Gasteiger partial charge in [-0.15, -0.1) is 0 Å². The average Bonchev–Trinajstić information content (AvgIpc) is 2.33. The van der Waals surface area contributed by atoms with Crippen molar-refractivity contribution in [3.05, 3.63) is 59.7 Å². The van der Waals surface area contributed by atoms with Crippen molar-refractivity contribution in [1.82, 2.24) is 0 Å². The number of nitrogen functional groups attached to an aromatic ring is 2. The standard InChI is InChI=1S/C16H22N2Si/c1-19(2,3)16(12-4-8-14(17)9-5-12)13-6-10-15(18)11-7-13/h4-11,16H,17-18H2,1-3H3. The molecule has 4 N–H and O–H groups in total. The molecule has 2 aromatic carbocycles. The van der Waals surface area contributed by atoms with Crippen LogP contribution < -0.4 is 11.5 Å². The highest BCUT2D eigenvalue weighted by atomic mass is 28.3. The van der Waals surface area contributed by atoms with Gasteiger partial charge in [0.15, 0.2) is 0 Å². The van der Waals surface area contributed by atoms with Crippen molar-refractivity contribution < 1.29 is 0 Å². The third kappa shape index (κ3) is 3.18. The fourth-order valence-electron chi connectivity index (χ4n) is 2.57. The maximum absolute atomic E-state index is 5.79. The van der Waals surface area contributed by atoms with Gasteiger partial charge in [0.25, 0.3) is 0 Å². The molecule has 0 spiro atoms. The number of hydrogen-bond acceptors (Lipinski definition) is 2. The van der Waals surface area contributed by atoms with Gasteiger partial charge in [-0.2, -0.15) is 0 Å². The lowest BCUT2D eigenvalue weighted by molar-refractivity contribution is 1.07. The van der Waals surface area contributed by atoms with E-state index in [-0.39, 0.29) is 0 Å². The van der Waals surface area contributed by atoms with E-state index in [9.17, 15) is 0 Å². The lowest BCUT2D eigenvalue weighted by Crippen LogP contribution is -2.31. The number of nitrogens with two attached hydrogens (primary N) is 2. The first-order chi connectivity index (χ1) is 8.88. The zero-order valence-electron chi connectivity index (χ0n) is 11.9. The molecule has 0 amide bonds. The molecular weight excluding hydrogens is 248 g/mol. The fourth-order valence-corrected chi connectivity index (χ4v) is 4.95. The second-order valence-electron chi connectivity index (χ2n) is 6.13. The first-order valence-corrected chi connectivity index (χ1v) is 10.2. The molecule has 0 heterocycles. The van der Waals surface area contributed by atoms with E-state index in [1.165, 1.54) is 11.1 Å². The quantitative estimate of drug-likeness (QED) is 0.657. The van der Waals surface area contributed by atoms with Gasteiger partial charge in [-0.3, -0.25) is 0 Å². The van der Waals surface area contributed by atoms with E-state index in [0.29, 0.717) is 5.54 Å². The summed E-state index contributed by atoms with van der Waals surface area (Å²) in [5.74, 6) is 0. The van der Waals surface area contributed by atoms with E-state index in [2.05, 4.69) is 43.9 Å². The minimum Gasteiger partial charge on any atom is -0.399 e. The van der Waals surface area contributed by atoms with Crippen LogP contribution in [0.5, 0.6) is 0 Å². The molecule has 19 heavy (non-hydrogen) atoms. The van der Waals surface area contributed by atoms with Gasteiger partial charge in [0.2, 0.25) is 0 Å². The molecule has 0 atom stereocenters. The third-order valence-corrected chi connectivity index (χ3v) is 5.80. The molecule has 0 saturated heterocycles. The van der Waals surface area contributed by atoms with E-state index < -0.39 is 8.07 Å². The predicted octanol–water partition coefficient (Wildman–Crippen LogP) is 3.86. The third-order valence-electron chi connectivity index (χ3n) is 3.41. The molecule has 0 radical (unpaired) electrons. The van der Waals surface area contributed by atoms with E-state index >= 15 is 0 Å². The molecule has 0 aliphatic heterocycles. The van der Waals surface area contributed by atoms with E-state index in [4.69, 9.17) is 11.5 Å². The Morgan fingerprint density at radius 2 is 1.00 bits per heavy atom. The topological polar surface area (TPSA) is 52.0 Å². The highest BCUT2D eigenvalue weighted by Crippen LogP contribution is 2.34. The first-order valence-electron chi connectivity index (χ1n) is 6.59. The number of benzene rings is 2. The molecule has 2 nitrogen and oxygen atoms in total. The molecule has 0 aromatic heterocycles. The van der Waals surface area contributed by atoms with Crippen LogP contribution in [-0.4, -0.2) is 8.07 Å². The molecule has 100 valence electrons. The van der Waals surface area contributed by atoms with Crippen LogP contribution in [0.15, 0.2) is 48.5 Å². The highest BCUT2D eigenvalue weighted by Gasteiger charge is 2.29. The highest BCUT2D eigenvalue weighted by molar-refractivity contribution is 6.78. The Labute approximate surface area is 116 Å². The fraction of sp³-hybridized carbons (Fsp3) is 0.250. The first kappa shape index (κ1) is 13.7. The molecular formula is C16H22N2Si. The van der Waals surface area contributed by atoms with Gasteiger partial charge >= 0.3 is 0 Å². The summed E-state index contributed by atoms with van der Waals surface area (Å²) in [5, 5.41) is 0. The van der Waals surface area contributed by atoms with Crippen molar-refractivity contribution in [3.63, 3.8) is 0 Å². The summed E-state index contributed by atoms with van der Waals surface area (Å²) in [6, 6.07) is 16.5. The maximum atomic E-state index is 5.79. The Morgan fingerprint density at radius 3 is 1.26 bits per heavy atom. The average molecular weight is 270 g/mol. The minimum atomic E-state index is -1.38. The zero-order valence-corrected chi connectivity index (χ0v) is 12.9. The second kappa shape index (κ2) is 5.09. The van der Waals surface area contributed by atoms with Crippen LogP contribution in [0.3, 0.4) is 0 Å². The smallest absolute Gasteiger partial charge is 0.0573 e. The van der Waals surface area contributed by atoms with Crippen LogP contribution in [0.25, 0.3) is 0 Å². The lowest BCUT2D eigenvalue weighted by atomic mass is 10.0. The molecule has 2 rings (SSSR count). The van der Waals surface area contributed by atoms with Crippen LogP contribution >= 0.6 is 0 Å². The molecule has 0 unspecified atom stereocenters. The molecule has 2 aromatic rings. The summed E-state index contributed by atoms with van der Waals surface area (Å²) in [6.45, 7) is 7.18. The molecule has 0 aliphatic carbocycles. The van der Waals surface area contributed by atoms with Gasteiger partial charge in [0, 0.05) is 16.9 Å². The number of rotatable bonds is 3. The number of hydrogen-bond donors (Lipinski definition) is 2. The van der Waals surface area contributed by atoms with E-state index in [0.717, 1.165) is 11.4 Å². The Morgan fingerprint density at radius 1 is 0.684 bits per heavy atom. The van der Waals surface area contributed by atoms with Gasteiger partial charge in [-0.25, -0.2) is 0 Å². The summed E-state index contributed by atoms with van der Waals surface area (Å²) in [6.07, 6.45) is 0. The van der Waals surface area contributed by atoms with Gasteiger partial charge < -0.3 is 11.5 Å². The van der Waals surface area contributed by atoms with Crippen molar-refractivity contribution in [2.24, 2.45) is 0 Å². The summed E-state index contributed by atoms with van der Waals surface area (Å²) < 4.78 is 0. The normalized spacial score (nSPS) is 11.8. The van der Waals surface area contributed by atoms with Crippen LogP contribution in [0.1, 0.15) is 16.7 Å². The largest absolute Gasteiger partial charge is 0.399 e. The lowest BCUT2D eigenvalue weighted by Gasteiger charge is -2.30. The summed E-state index contributed by atoms with van der Waals surface area (Å²) in [5.41, 5.74) is 16.4. The minimum absolute atomic E-state index is 0.466. The van der Waals surface area contributed by atoms with Gasteiger partial charge in [-0.1, -0.05) is 43.9 Å². The van der Waals surface area contributed by atoms with Crippen LogP contribution in [0.4, 0.5) is 11.4 Å². The second-order valence-corrected chi connectivity index (χ2v) is 11.4. The molecule has 0 saturated carbocycles. The maximum Gasteiger partial charge on any atom is 0.0573 e. The molecule has 0 bridgehead atoms. The monoisotopic (exact) mass is 270 g/mol. The predicted molar refractivity (Wildman–Crippen MR) is 86.9 cm³/mol. The molecule has 0 aliphatic rings. The van der Waals surface area contributed by atoms with Crippen LogP contribution in [0, 0.1) is 0 Å². The number of anilines is 2. The van der Waals surface area contributed by atoms with E-state index in [1.54, 1.807) is 0 Å². The SMILES string of the molecule is C[Si](C)(C)C(c1ccc(N)cc1)c1ccc(N)cc1. The Kier molecular flexibility index (Phi) is 3.67. The summed E-state index contributed by atoms with van der Waals surface area (Å²) in [4.78, 5) is 0. The Balaban J connectivity index is 2.47. The van der Waals surface area contributed by atoms with Crippen molar-refractivity contribution in [2.45, 2.75) is 25.2 Å². The van der Waals surface area contributed by atoms with Gasteiger partial charge in [0.05, 0.1) is 8.07 Å². The van der Waals surface area contributed by atoms with Crippen LogP contribution in [0.2, 0.25) is 19.6 Å². The van der Waals surface area contributed by atoms with Crippen molar-refractivity contribution in [1.29, 1.82) is 0 Å². The Bertz CT molecular complexity index is 493. The van der Waals surface area contributed by atoms with Crippen molar-refractivity contribution in [2.75, 3.05) is 11.5 Å². The Hall–Kier alpha value is -1.74. The zero-order chi connectivity index (χ0) is 14.0. The molecule has 0 fully saturated rings. The van der Waals surface area contributed by atoms with Crippen molar-refractivity contribution >= 4 is 19.4 Å². The van der Waals surface area contributed by atoms with E-state index in [1.807, 2.05) is 24.3 Å². The van der Waals surface area contributed by atoms with Gasteiger partial charge in [0.1, 0.15) is 0 Å². The van der Waals surface area contributed by atoms with Crippen LogP contribution in [-0.2, 0) is 0 Å². The summed E-state index contributed by atoms with van der Waals surface area (Å²) in [7, 11) is -1.38. The summed E-state index contributed by atoms with van der Waals surface area (Å²) >= 11 is 0. The molecule has 3 heteroatoms.